The Kier molecular flexibility index (Phi) is 6.67. The normalized spacial score (nSPS) is 12.8. The number of halogens is 1. The summed E-state index contributed by atoms with van der Waals surface area (Å²) in [7, 11) is 4.02. The van der Waals surface area contributed by atoms with E-state index < -0.39 is 0 Å². The molecule has 1 rings (SSSR count). The van der Waals surface area contributed by atoms with E-state index in [2.05, 4.69) is 46.7 Å². The monoisotopic (exact) mass is 391 g/mol. The first-order valence-electron chi connectivity index (χ1n) is 6.64. The van der Waals surface area contributed by atoms with Gasteiger partial charge in [0.1, 0.15) is 5.69 Å². The molecule has 0 heterocycles. The van der Waals surface area contributed by atoms with Crippen LogP contribution in [0.3, 0.4) is 0 Å². The summed E-state index contributed by atoms with van der Waals surface area (Å²) in [5.41, 5.74) is 0.743. The van der Waals surface area contributed by atoms with E-state index in [1.54, 1.807) is 12.1 Å². The second-order valence-corrected chi connectivity index (χ2v) is 6.90. The van der Waals surface area contributed by atoms with Crippen molar-refractivity contribution >= 4 is 34.0 Å². The first kappa shape index (κ1) is 17.2. The molecule has 0 bridgehead atoms. The lowest BCUT2D eigenvalue weighted by molar-refractivity contribution is -0.384. The van der Waals surface area contributed by atoms with Crippen LogP contribution in [0.5, 0.6) is 0 Å². The summed E-state index contributed by atoms with van der Waals surface area (Å²) in [6.45, 7) is 5.17. The molecule has 0 aliphatic carbocycles. The Hall–Kier alpha value is -0.890. The zero-order valence-electron chi connectivity index (χ0n) is 12.4. The van der Waals surface area contributed by atoms with E-state index in [9.17, 15) is 10.1 Å². The molecule has 0 aliphatic heterocycles. The third-order valence-electron chi connectivity index (χ3n) is 2.86. The summed E-state index contributed by atoms with van der Waals surface area (Å²) < 4.78 is 0.868. The molecule has 0 spiro atoms. The van der Waals surface area contributed by atoms with Crippen LogP contribution in [0, 0.1) is 19.6 Å². The van der Waals surface area contributed by atoms with Gasteiger partial charge < -0.3 is 10.2 Å². The maximum Gasteiger partial charge on any atom is 0.293 e. The molecule has 0 amide bonds. The molecule has 112 valence electrons. The van der Waals surface area contributed by atoms with Crippen LogP contribution in [0.15, 0.2) is 18.2 Å². The minimum absolute atomic E-state index is 0.143. The van der Waals surface area contributed by atoms with Crippen molar-refractivity contribution in [1.29, 1.82) is 0 Å². The standard InChI is InChI=1S/C14H22IN3O2/c1-10(2)7-12(9-17(3)4)16-13-6-5-11(15)8-14(13)18(19)20/h5-6,8,10,12,16H,7,9H2,1-4H3. The maximum atomic E-state index is 11.2. The van der Waals surface area contributed by atoms with Crippen molar-refractivity contribution in [2.45, 2.75) is 26.3 Å². The molecule has 0 saturated carbocycles. The lowest BCUT2D eigenvalue weighted by Gasteiger charge is -2.24. The van der Waals surface area contributed by atoms with Crippen LogP contribution in [-0.2, 0) is 0 Å². The number of nitrogens with one attached hydrogen (secondary N) is 1. The van der Waals surface area contributed by atoms with E-state index in [1.165, 1.54) is 0 Å². The van der Waals surface area contributed by atoms with Gasteiger partial charge in [0, 0.05) is 22.2 Å². The van der Waals surface area contributed by atoms with Gasteiger partial charge >= 0.3 is 0 Å². The number of nitro benzene ring substituents is 1. The molecule has 0 saturated heterocycles. The van der Waals surface area contributed by atoms with Crippen LogP contribution < -0.4 is 5.32 Å². The lowest BCUT2D eigenvalue weighted by atomic mass is 10.0. The van der Waals surface area contributed by atoms with Crippen molar-refractivity contribution in [2.75, 3.05) is 26.0 Å². The van der Waals surface area contributed by atoms with Gasteiger partial charge in [-0.2, -0.15) is 0 Å². The van der Waals surface area contributed by atoms with Crippen LogP contribution >= 0.6 is 22.6 Å². The van der Waals surface area contributed by atoms with E-state index in [4.69, 9.17) is 0 Å². The largest absolute Gasteiger partial charge is 0.375 e. The van der Waals surface area contributed by atoms with Crippen LogP contribution in [0.1, 0.15) is 20.3 Å². The molecule has 0 fully saturated rings. The predicted octanol–water partition coefficient (Wildman–Crippen LogP) is 3.59. The van der Waals surface area contributed by atoms with Gasteiger partial charge in [-0.25, -0.2) is 0 Å². The quantitative estimate of drug-likeness (QED) is 0.439. The highest BCUT2D eigenvalue weighted by Crippen LogP contribution is 2.27. The smallest absolute Gasteiger partial charge is 0.293 e. The van der Waals surface area contributed by atoms with Gasteiger partial charge in [0.25, 0.3) is 5.69 Å². The van der Waals surface area contributed by atoms with Gasteiger partial charge in [0.2, 0.25) is 0 Å². The molecule has 1 atom stereocenters. The highest BCUT2D eigenvalue weighted by molar-refractivity contribution is 14.1. The van der Waals surface area contributed by atoms with Gasteiger partial charge in [-0.3, -0.25) is 10.1 Å². The fourth-order valence-electron chi connectivity index (χ4n) is 2.19. The molecule has 5 nitrogen and oxygen atoms in total. The fourth-order valence-corrected chi connectivity index (χ4v) is 2.66. The first-order chi connectivity index (χ1) is 9.29. The van der Waals surface area contributed by atoms with Gasteiger partial charge in [0.05, 0.1) is 4.92 Å². The van der Waals surface area contributed by atoms with Crippen molar-refractivity contribution < 1.29 is 4.92 Å². The molecule has 0 aliphatic rings. The third kappa shape index (κ3) is 5.62. The van der Waals surface area contributed by atoms with E-state index in [1.807, 2.05) is 20.2 Å². The Bertz CT molecular complexity index is 454. The van der Waals surface area contributed by atoms with Gasteiger partial charge in [-0.15, -0.1) is 0 Å². The highest BCUT2D eigenvalue weighted by Gasteiger charge is 2.19. The Labute approximate surface area is 134 Å². The highest BCUT2D eigenvalue weighted by atomic mass is 127. The molecule has 20 heavy (non-hydrogen) atoms. The van der Waals surface area contributed by atoms with Crippen LogP contribution in [0.2, 0.25) is 0 Å². The molecular formula is C14H22IN3O2. The number of nitro groups is 1. The molecule has 1 N–H and O–H groups in total. The number of anilines is 1. The van der Waals surface area contributed by atoms with Crippen LogP contribution in [0.4, 0.5) is 11.4 Å². The summed E-state index contributed by atoms with van der Waals surface area (Å²) in [5, 5.41) is 14.5. The Balaban J connectivity index is 2.94. The van der Waals surface area contributed by atoms with Crippen LogP contribution in [-0.4, -0.2) is 36.5 Å². The Morgan fingerprint density at radius 2 is 2.05 bits per heavy atom. The minimum Gasteiger partial charge on any atom is -0.375 e. The summed E-state index contributed by atoms with van der Waals surface area (Å²) in [6, 6.07) is 5.48. The predicted molar refractivity (Wildman–Crippen MR) is 91.2 cm³/mol. The van der Waals surface area contributed by atoms with Crippen molar-refractivity contribution in [3.05, 3.63) is 31.9 Å². The van der Waals surface area contributed by atoms with E-state index >= 15 is 0 Å². The average Bonchev–Trinajstić information content (AvgIpc) is 2.29. The fraction of sp³-hybridized carbons (Fsp3) is 0.571. The van der Waals surface area contributed by atoms with Crippen molar-refractivity contribution in [1.82, 2.24) is 4.90 Å². The third-order valence-corrected chi connectivity index (χ3v) is 3.53. The Morgan fingerprint density at radius 3 is 2.55 bits per heavy atom. The second-order valence-electron chi connectivity index (χ2n) is 5.65. The lowest BCUT2D eigenvalue weighted by Crippen LogP contribution is -2.33. The van der Waals surface area contributed by atoms with Crippen molar-refractivity contribution in [3.63, 3.8) is 0 Å². The Morgan fingerprint density at radius 1 is 1.40 bits per heavy atom. The van der Waals surface area contributed by atoms with Crippen molar-refractivity contribution in [2.24, 2.45) is 5.92 Å². The molecule has 6 heteroatoms. The zero-order chi connectivity index (χ0) is 15.3. The number of benzene rings is 1. The molecule has 1 aromatic rings. The zero-order valence-corrected chi connectivity index (χ0v) is 14.5. The average molecular weight is 391 g/mol. The maximum absolute atomic E-state index is 11.2. The van der Waals surface area contributed by atoms with Crippen LogP contribution in [0.25, 0.3) is 0 Å². The topological polar surface area (TPSA) is 58.4 Å². The number of rotatable bonds is 7. The van der Waals surface area contributed by atoms with Gasteiger partial charge in [0.15, 0.2) is 0 Å². The summed E-state index contributed by atoms with van der Waals surface area (Å²) in [4.78, 5) is 12.9. The number of likely N-dealkylation sites (N-methyl/N-ethyl adjacent to an activating group) is 1. The molecular weight excluding hydrogens is 369 g/mol. The molecule has 1 unspecified atom stereocenters. The first-order valence-corrected chi connectivity index (χ1v) is 7.72. The molecule has 0 radical (unpaired) electrons. The van der Waals surface area contributed by atoms with Gasteiger partial charge in [-0.1, -0.05) is 13.8 Å². The van der Waals surface area contributed by atoms with E-state index in [-0.39, 0.29) is 16.7 Å². The summed E-state index contributed by atoms with van der Waals surface area (Å²) >= 11 is 2.09. The number of nitrogens with zero attached hydrogens (tertiary/aromatic N) is 2. The van der Waals surface area contributed by atoms with Crippen molar-refractivity contribution in [3.8, 4) is 0 Å². The number of hydrogen-bond donors (Lipinski definition) is 1. The summed E-state index contributed by atoms with van der Waals surface area (Å²) in [5.74, 6) is 0.537. The summed E-state index contributed by atoms with van der Waals surface area (Å²) in [6.07, 6.45) is 0.974. The number of hydrogen-bond acceptors (Lipinski definition) is 4. The SMILES string of the molecule is CC(C)CC(CN(C)C)Nc1ccc(I)cc1[N+](=O)[O-]. The molecule has 0 aromatic heterocycles. The minimum atomic E-state index is -0.327. The second kappa shape index (κ2) is 7.78. The molecule has 1 aromatic carbocycles. The van der Waals surface area contributed by atoms with Gasteiger partial charge in [-0.05, 0) is 61.2 Å². The van der Waals surface area contributed by atoms with E-state index in [0.29, 0.717) is 11.6 Å². The van der Waals surface area contributed by atoms with E-state index in [0.717, 1.165) is 16.5 Å².